The van der Waals surface area contributed by atoms with Gasteiger partial charge in [0.2, 0.25) is 0 Å². The van der Waals surface area contributed by atoms with E-state index in [-0.39, 0.29) is 17.3 Å². The third-order valence-corrected chi connectivity index (χ3v) is 3.45. The average Bonchev–Trinajstić information content (AvgIpc) is 1.92. The predicted molar refractivity (Wildman–Crippen MR) is 61.7 cm³/mol. The SMILES string of the molecule is CC1(C)CC(C)(C)CC(O)(CCC(F)(F)F)C1. The summed E-state index contributed by atoms with van der Waals surface area (Å²) in [6.45, 7) is 8.08. The van der Waals surface area contributed by atoms with E-state index in [2.05, 4.69) is 0 Å². The summed E-state index contributed by atoms with van der Waals surface area (Å²) in [6, 6.07) is 0. The van der Waals surface area contributed by atoms with Crippen LogP contribution in [0.3, 0.4) is 0 Å². The van der Waals surface area contributed by atoms with Crippen LogP contribution in [0.5, 0.6) is 0 Å². The first kappa shape index (κ1) is 14.8. The molecule has 0 heterocycles. The molecule has 0 aliphatic heterocycles. The summed E-state index contributed by atoms with van der Waals surface area (Å²) >= 11 is 0. The molecule has 0 atom stereocenters. The molecular formula is C13H23F3O. The Hall–Kier alpha value is -0.250. The fraction of sp³-hybridized carbons (Fsp3) is 1.00. The quantitative estimate of drug-likeness (QED) is 0.777. The summed E-state index contributed by atoms with van der Waals surface area (Å²) in [5.74, 6) is 0. The number of rotatable bonds is 2. The summed E-state index contributed by atoms with van der Waals surface area (Å²) in [5, 5.41) is 10.4. The van der Waals surface area contributed by atoms with Gasteiger partial charge in [0, 0.05) is 6.42 Å². The first-order chi connectivity index (χ1) is 7.33. The van der Waals surface area contributed by atoms with E-state index in [1.54, 1.807) is 0 Å². The molecule has 0 radical (unpaired) electrons. The van der Waals surface area contributed by atoms with Gasteiger partial charge in [0.25, 0.3) is 0 Å². The highest BCUT2D eigenvalue weighted by Gasteiger charge is 2.47. The van der Waals surface area contributed by atoms with Crippen molar-refractivity contribution < 1.29 is 18.3 Å². The minimum Gasteiger partial charge on any atom is -0.390 e. The minimum absolute atomic E-state index is 0.0951. The van der Waals surface area contributed by atoms with Crippen molar-refractivity contribution in [2.24, 2.45) is 10.8 Å². The van der Waals surface area contributed by atoms with Crippen molar-refractivity contribution in [3.63, 3.8) is 0 Å². The van der Waals surface area contributed by atoms with E-state index in [0.29, 0.717) is 12.8 Å². The van der Waals surface area contributed by atoms with Crippen LogP contribution in [0.4, 0.5) is 13.2 Å². The van der Waals surface area contributed by atoms with Gasteiger partial charge in [0.1, 0.15) is 0 Å². The lowest BCUT2D eigenvalue weighted by atomic mass is 9.59. The van der Waals surface area contributed by atoms with Crippen LogP contribution < -0.4 is 0 Å². The molecule has 4 heteroatoms. The molecular weight excluding hydrogens is 229 g/mol. The Kier molecular flexibility index (Phi) is 3.61. The van der Waals surface area contributed by atoms with E-state index in [1.807, 2.05) is 27.7 Å². The summed E-state index contributed by atoms with van der Waals surface area (Å²) in [4.78, 5) is 0. The van der Waals surface area contributed by atoms with Crippen LogP contribution in [-0.2, 0) is 0 Å². The molecule has 1 aliphatic rings. The van der Waals surface area contributed by atoms with Crippen molar-refractivity contribution in [3.8, 4) is 0 Å². The van der Waals surface area contributed by atoms with Crippen LogP contribution in [0.1, 0.15) is 59.8 Å². The topological polar surface area (TPSA) is 20.2 Å². The molecule has 0 spiro atoms. The van der Waals surface area contributed by atoms with Gasteiger partial charge in [-0.15, -0.1) is 0 Å². The highest BCUT2D eigenvalue weighted by atomic mass is 19.4. The number of halogens is 3. The molecule has 0 aromatic heterocycles. The van der Waals surface area contributed by atoms with Crippen LogP contribution in [0.25, 0.3) is 0 Å². The lowest BCUT2D eigenvalue weighted by Gasteiger charge is -2.49. The van der Waals surface area contributed by atoms with Gasteiger partial charge >= 0.3 is 6.18 Å². The van der Waals surface area contributed by atoms with E-state index in [4.69, 9.17) is 0 Å². The largest absolute Gasteiger partial charge is 0.390 e. The molecule has 17 heavy (non-hydrogen) atoms. The summed E-state index contributed by atoms with van der Waals surface area (Å²) in [7, 11) is 0. The summed E-state index contributed by atoms with van der Waals surface area (Å²) in [5.41, 5.74) is -1.36. The van der Waals surface area contributed by atoms with Crippen molar-refractivity contribution in [2.45, 2.75) is 71.6 Å². The molecule has 1 N–H and O–H groups in total. The molecule has 1 nitrogen and oxygen atoms in total. The Morgan fingerprint density at radius 2 is 1.35 bits per heavy atom. The second kappa shape index (κ2) is 4.15. The van der Waals surface area contributed by atoms with Crippen LogP contribution in [-0.4, -0.2) is 16.9 Å². The van der Waals surface area contributed by atoms with Crippen molar-refractivity contribution in [1.82, 2.24) is 0 Å². The molecule has 0 amide bonds. The normalized spacial score (nSPS) is 26.8. The van der Waals surface area contributed by atoms with Gasteiger partial charge in [-0.2, -0.15) is 13.2 Å². The summed E-state index contributed by atoms with van der Waals surface area (Å²) < 4.78 is 36.8. The van der Waals surface area contributed by atoms with Gasteiger partial charge < -0.3 is 5.11 Å². The first-order valence-electron chi connectivity index (χ1n) is 6.12. The van der Waals surface area contributed by atoms with Crippen molar-refractivity contribution in [2.75, 3.05) is 0 Å². The zero-order valence-corrected chi connectivity index (χ0v) is 11.1. The highest BCUT2D eigenvalue weighted by Crippen LogP contribution is 2.51. The Bertz CT molecular complexity index is 263. The van der Waals surface area contributed by atoms with E-state index < -0.39 is 18.2 Å². The van der Waals surface area contributed by atoms with E-state index in [9.17, 15) is 18.3 Å². The molecule has 1 rings (SSSR count). The van der Waals surface area contributed by atoms with Crippen LogP contribution in [0.2, 0.25) is 0 Å². The maximum absolute atomic E-state index is 12.3. The molecule has 1 fully saturated rings. The fourth-order valence-corrected chi connectivity index (χ4v) is 3.82. The monoisotopic (exact) mass is 252 g/mol. The minimum atomic E-state index is -4.18. The molecule has 0 aromatic rings. The standard InChI is InChI=1S/C13H23F3O/c1-10(2)7-11(3,4)9-12(17,8-10)5-6-13(14,15)16/h17H,5-9H2,1-4H3. The van der Waals surface area contributed by atoms with Crippen molar-refractivity contribution in [1.29, 1.82) is 0 Å². The highest BCUT2D eigenvalue weighted by molar-refractivity contribution is 4.97. The predicted octanol–water partition coefficient (Wildman–Crippen LogP) is 4.30. The van der Waals surface area contributed by atoms with E-state index in [0.717, 1.165) is 6.42 Å². The maximum atomic E-state index is 12.3. The Morgan fingerprint density at radius 1 is 0.941 bits per heavy atom. The Balaban J connectivity index is 2.74. The van der Waals surface area contributed by atoms with Crippen LogP contribution >= 0.6 is 0 Å². The molecule has 0 unspecified atom stereocenters. The van der Waals surface area contributed by atoms with Gasteiger partial charge in [-0.05, 0) is 36.5 Å². The Morgan fingerprint density at radius 3 is 1.71 bits per heavy atom. The number of hydrogen-bond donors (Lipinski definition) is 1. The van der Waals surface area contributed by atoms with Gasteiger partial charge in [0.05, 0.1) is 5.60 Å². The van der Waals surface area contributed by atoms with Crippen molar-refractivity contribution in [3.05, 3.63) is 0 Å². The molecule has 0 bridgehead atoms. The smallest absolute Gasteiger partial charge is 0.389 e. The molecule has 0 aromatic carbocycles. The third-order valence-electron chi connectivity index (χ3n) is 3.45. The van der Waals surface area contributed by atoms with E-state index in [1.165, 1.54) is 0 Å². The zero-order chi connectivity index (χ0) is 13.5. The number of hydrogen-bond acceptors (Lipinski definition) is 1. The van der Waals surface area contributed by atoms with Gasteiger partial charge in [-0.3, -0.25) is 0 Å². The van der Waals surface area contributed by atoms with E-state index >= 15 is 0 Å². The molecule has 1 aliphatic carbocycles. The lowest BCUT2D eigenvalue weighted by Crippen LogP contribution is -2.46. The second-order valence-corrected chi connectivity index (χ2v) is 7.20. The fourth-order valence-electron chi connectivity index (χ4n) is 3.82. The first-order valence-corrected chi connectivity index (χ1v) is 6.12. The molecule has 0 saturated heterocycles. The maximum Gasteiger partial charge on any atom is 0.389 e. The van der Waals surface area contributed by atoms with Crippen LogP contribution in [0.15, 0.2) is 0 Å². The van der Waals surface area contributed by atoms with Gasteiger partial charge in [-0.1, -0.05) is 27.7 Å². The molecule has 1 saturated carbocycles. The van der Waals surface area contributed by atoms with Gasteiger partial charge in [-0.25, -0.2) is 0 Å². The summed E-state index contributed by atoms with van der Waals surface area (Å²) in [6.07, 6.45) is -3.40. The lowest BCUT2D eigenvalue weighted by molar-refractivity contribution is -0.160. The third kappa shape index (κ3) is 4.86. The average molecular weight is 252 g/mol. The number of aliphatic hydroxyl groups is 1. The molecule has 102 valence electrons. The number of alkyl halides is 3. The van der Waals surface area contributed by atoms with Crippen LogP contribution in [0, 0.1) is 10.8 Å². The van der Waals surface area contributed by atoms with Gasteiger partial charge in [0.15, 0.2) is 0 Å². The zero-order valence-electron chi connectivity index (χ0n) is 11.1. The van der Waals surface area contributed by atoms with Crippen molar-refractivity contribution >= 4 is 0 Å². The Labute approximate surface area is 101 Å². The second-order valence-electron chi connectivity index (χ2n) is 7.20.